The number of rotatable bonds is 2. The molecule has 3 N–H and O–H groups in total. The number of nitrogens with one attached hydrogen (secondary N) is 3. The van der Waals surface area contributed by atoms with E-state index in [9.17, 15) is 0 Å². The summed E-state index contributed by atoms with van der Waals surface area (Å²) in [4.78, 5) is 13.2. The first-order chi connectivity index (χ1) is 12.8. The summed E-state index contributed by atoms with van der Waals surface area (Å²) < 4.78 is 1.10. The van der Waals surface area contributed by atoms with Crippen molar-refractivity contribution >= 4 is 32.8 Å². The maximum Gasteiger partial charge on any atom is 0.223 e. The minimum atomic E-state index is 0.407. The number of halogens is 1. The molecule has 1 saturated heterocycles. The Balaban J connectivity index is 1.61. The van der Waals surface area contributed by atoms with E-state index >= 15 is 0 Å². The van der Waals surface area contributed by atoms with Crippen LogP contribution in [0, 0.1) is 0 Å². The molecular formula is C20H22BrN5. The molecule has 1 aliphatic heterocycles. The molecule has 1 aliphatic carbocycles. The molecule has 0 spiro atoms. The predicted octanol–water partition coefficient (Wildman–Crippen LogP) is 4.04. The summed E-state index contributed by atoms with van der Waals surface area (Å²) in [6.45, 7) is 2.09. The lowest BCUT2D eigenvalue weighted by Gasteiger charge is -2.24. The van der Waals surface area contributed by atoms with Crippen LogP contribution in [-0.2, 0) is 12.8 Å². The molecule has 5 rings (SSSR count). The van der Waals surface area contributed by atoms with E-state index in [0.717, 1.165) is 54.0 Å². The average molecular weight is 412 g/mol. The van der Waals surface area contributed by atoms with Crippen LogP contribution >= 0.6 is 15.9 Å². The minimum Gasteiger partial charge on any atom is -0.357 e. The number of aromatic amines is 1. The molecule has 3 aromatic rings. The van der Waals surface area contributed by atoms with Gasteiger partial charge in [0.15, 0.2) is 0 Å². The van der Waals surface area contributed by atoms with Crippen molar-refractivity contribution in [3.63, 3.8) is 0 Å². The number of H-pyrrole nitrogens is 1. The summed E-state index contributed by atoms with van der Waals surface area (Å²) in [6, 6.07) is 6.77. The first-order valence-electron chi connectivity index (χ1n) is 9.42. The molecule has 0 amide bonds. The molecule has 1 fully saturated rings. The molecule has 2 aromatic heterocycles. The number of hydrogen-bond donors (Lipinski definition) is 3. The maximum absolute atomic E-state index is 4.98. The van der Waals surface area contributed by atoms with Crippen LogP contribution in [0.3, 0.4) is 0 Å². The Morgan fingerprint density at radius 3 is 3.04 bits per heavy atom. The monoisotopic (exact) mass is 411 g/mol. The van der Waals surface area contributed by atoms with Gasteiger partial charge in [-0.2, -0.15) is 0 Å². The largest absolute Gasteiger partial charge is 0.357 e. The molecule has 2 aliphatic rings. The molecule has 1 atom stereocenters. The van der Waals surface area contributed by atoms with Gasteiger partial charge in [0, 0.05) is 39.9 Å². The predicted molar refractivity (Wildman–Crippen MR) is 109 cm³/mol. The second-order valence-electron chi connectivity index (χ2n) is 7.25. The van der Waals surface area contributed by atoms with Gasteiger partial charge in [-0.1, -0.05) is 12.1 Å². The smallest absolute Gasteiger partial charge is 0.223 e. The highest BCUT2D eigenvalue weighted by molar-refractivity contribution is 9.10. The zero-order valence-electron chi connectivity index (χ0n) is 14.6. The van der Waals surface area contributed by atoms with Crippen molar-refractivity contribution in [3.8, 4) is 11.3 Å². The standard InChI is InChI=1S/C20H22BrN5/c21-15-7-2-6-14-17-16(25-19(14)15)8-1-4-12-10-23-20(26-18(12)17)24-13-5-3-9-22-11-13/h2,6-7,10,13,22,25H,1,3-5,8-9,11H2,(H,23,24,26). The van der Waals surface area contributed by atoms with Crippen LogP contribution in [0.5, 0.6) is 0 Å². The van der Waals surface area contributed by atoms with Crippen molar-refractivity contribution in [3.05, 3.63) is 40.1 Å². The van der Waals surface area contributed by atoms with E-state index in [2.05, 4.69) is 54.7 Å². The van der Waals surface area contributed by atoms with Crippen molar-refractivity contribution < 1.29 is 0 Å². The van der Waals surface area contributed by atoms with Crippen molar-refractivity contribution in [2.24, 2.45) is 0 Å². The van der Waals surface area contributed by atoms with Gasteiger partial charge in [-0.3, -0.25) is 0 Å². The Bertz CT molecular complexity index is 958. The van der Waals surface area contributed by atoms with Crippen molar-refractivity contribution in [1.82, 2.24) is 20.3 Å². The Hall–Kier alpha value is -1.92. The van der Waals surface area contributed by atoms with Crippen molar-refractivity contribution in [1.29, 1.82) is 0 Å². The van der Waals surface area contributed by atoms with Gasteiger partial charge in [0.05, 0.1) is 11.2 Å². The Kier molecular flexibility index (Phi) is 4.17. The molecule has 0 bridgehead atoms. The van der Waals surface area contributed by atoms with Crippen LogP contribution in [0.15, 0.2) is 28.9 Å². The molecule has 0 saturated carbocycles. The van der Waals surface area contributed by atoms with Gasteiger partial charge in [0.2, 0.25) is 5.95 Å². The van der Waals surface area contributed by atoms with E-state index in [1.165, 1.54) is 35.0 Å². The highest BCUT2D eigenvalue weighted by Gasteiger charge is 2.23. The highest BCUT2D eigenvalue weighted by atomic mass is 79.9. The molecule has 1 aromatic carbocycles. The number of benzene rings is 1. The second kappa shape index (κ2) is 6.67. The summed E-state index contributed by atoms with van der Waals surface area (Å²) in [5, 5.41) is 8.21. The highest BCUT2D eigenvalue weighted by Crippen LogP contribution is 2.39. The normalized spacial score (nSPS) is 19.7. The third-order valence-corrected chi connectivity index (χ3v) is 6.13. The molecule has 26 heavy (non-hydrogen) atoms. The van der Waals surface area contributed by atoms with Gasteiger partial charge >= 0.3 is 0 Å². The SMILES string of the molecule is Brc1cccc2c3c([nH]c12)CCCc1cnc(NC2CCCNC2)nc1-3. The number of piperidine rings is 1. The Morgan fingerprint density at radius 1 is 1.19 bits per heavy atom. The number of hydrogen-bond acceptors (Lipinski definition) is 4. The summed E-state index contributed by atoms with van der Waals surface area (Å²) in [5.74, 6) is 0.745. The van der Waals surface area contributed by atoms with Gasteiger partial charge in [-0.25, -0.2) is 9.97 Å². The average Bonchev–Trinajstić information content (AvgIpc) is 2.94. The fourth-order valence-electron chi connectivity index (χ4n) is 4.18. The van der Waals surface area contributed by atoms with E-state index < -0.39 is 0 Å². The number of fused-ring (bicyclic) bond motifs is 5. The van der Waals surface area contributed by atoms with Crippen LogP contribution in [0.2, 0.25) is 0 Å². The number of aromatic nitrogens is 3. The fourth-order valence-corrected chi connectivity index (χ4v) is 4.65. The molecule has 0 radical (unpaired) electrons. The molecule has 6 heteroatoms. The zero-order valence-corrected chi connectivity index (χ0v) is 16.2. The van der Waals surface area contributed by atoms with Crippen LogP contribution in [-0.4, -0.2) is 34.1 Å². The van der Waals surface area contributed by atoms with Gasteiger partial charge in [0.25, 0.3) is 0 Å². The van der Waals surface area contributed by atoms with E-state index in [1.807, 2.05) is 6.20 Å². The van der Waals surface area contributed by atoms with Gasteiger partial charge in [-0.05, 0) is 66.2 Å². The summed E-state index contributed by atoms with van der Waals surface area (Å²) in [6.07, 6.45) is 7.57. The van der Waals surface area contributed by atoms with Gasteiger partial charge < -0.3 is 15.6 Å². The number of para-hydroxylation sites is 1. The first-order valence-corrected chi connectivity index (χ1v) is 10.2. The topological polar surface area (TPSA) is 65.6 Å². The molecule has 134 valence electrons. The summed E-state index contributed by atoms with van der Waals surface area (Å²) in [7, 11) is 0. The number of aryl methyl sites for hydroxylation is 2. The quantitative estimate of drug-likeness (QED) is 0.595. The van der Waals surface area contributed by atoms with Crippen molar-refractivity contribution in [2.75, 3.05) is 18.4 Å². The zero-order chi connectivity index (χ0) is 17.5. The third kappa shape index (κ3) is 2.81. The first kappa shape index (κ1) is 16.3. The van der Waals surface area contributed by atoms with E-state index in [-0.39, 0.29) is 0 Å². The molecule has 5 nitrogen and oxygen atoms in total. The lowest BCUT2D eigenvalue weighted by Crippen LogP contribution is -2.38. The Morgan fingerprint density at radius 2 is 2.15 bits per heavy atom. The lowest BCUT2D eigenvalue weighted by molar-refractivity contribution is 0.478. The van der Waals surface area contributed by atoms with Crippen LogP contribution in [0.1, 0.15) is 30.5 Å². The van der Waals surface area contributed by atoms with Gasteiger partial charge in [-0.15, -0.1) is 0 Å². The summed E-state index contributed by atoms with van der Waals surface area (Å²) in [5.41, 5.74) is 6.03. The molecular weight excluding hydrogens is 390 g/mol. The van der Waals surface area contributed by atoms with Crippen LogP contribution in [0.4, 0.5) is 5.95 Å². The molecule has 1 unspecified atom stereocenters. The maximum atomic E-state index is 4.98. The van der Waals surface area contributed by atoms with Crippen LogP contribution in [0.25, 0.3) is 22.2 Å². The third-order valence-electron chi connectivity index (χ3n) is 5.46. The second-order valence-corrected chi connectivity index (χ2v) is 8.10. The van der Waals surface area contributed by atoms with Gasteiger partial charge in [0.1, 0.15) is 0 Å². The number of nitrogens with zero attached hydrogens (tertiary/aromatic N) is 2. The summed E-state index contributed by atoms with van der Waals surface area (Å²) >= 11 is 3.68. The van der Waals surface area contributed by atoms with Crippen molar-refractivity contribution in [2.45, 2.75) is 38.1 Å². The van der Waals surface area contributed by atoms with E-state index in [0.29, 0.717) is 6.04 Å². The van der Waals surface area contributed by atoms with Crippen LogP contribution < -0.4 is 10.6 Å². The lowest BCUT2D eigenvalue weighted by atomic mass is 10.0. The fraction of sp³-hybridized carbons (Fsp3) is 0.400. The van der Waals surface area contributed by atoms with E-state index in [1.54, 1.807) is 0 Å². The minimum absolute atomic E-state index is 0.407. The Labute approximate surface area is 161 Å². The van der Waals surface area contributed by atoms with E-state index in [4.69, 9.17) is 4.98 Å². The number of anilines is 1. The molecule has 3 heterocycles.